The Hall–Kier alpha value is -1.98. The van der Waals surface area contributed by atoms with Crippen LogP contribution in [-0.2, 0) is 9.47 Å². The van der Waals surface area contributed by atoms with Crippen molar-refractivity contribution in [3.63, 3.8) is 0 Å². The Morgan fingerprint density at radius 3 is 2.48 bits per heavy atom. The van der Waals surface area contributed by atoms with Gasteiger partial charge in [-0.25, -0.2) is 4.39 Å². The molecule has 1 N–H and O–H groups in total. The van der Waals surface area contributed by atoms with E-state index in [2.05, 4.69) is 5.32 Å². The Kier molecular flexibility index (Phi) is 6.95. The Morgan fingerprint density at radius 2 is 2.07 bits per heavy atom. The number of nitrogens with one attached hydrogen (secondary N) is 1. The van der Waals surface area contributed by atoms with Crippen LogP contribution < -0.4 is 10.2 Å². The molecule has 27 heavy (non-hydrogen) atoms. The minimum absolute atomic E-state index is 0.196. The number of anilines is 1. The maximum atomic E-state index is 14.1. The largest absolute Gasteiger partial charge is 0.433 e. The van der Waals surface area contributed by atoms with Crippen molar-refractivity contribution in [2.45, 2.75) is 32.3 Å². The van der Waals surface area contributed by atoms with E-state index in [-0.39, 0.29) is 18.2 Å². The topological polar surface area (TPSA) is 76.9 Å². The Morgan fingerprint density at radius 1 is 1.37 bits per heavy atom. The molecule has 152 valence electrons. The summed E-state index contributed by atoms with van der Waals surface area (Å²) in [4.78, 5) is 10.6. The molecule has 11 heteroatoms. The highest BCUT2D eigenvalue weighted by atomic mass is 19.4. The van der Waals surface area contributed by atoms with Gasteiger partial charge in [-0.1, -0.05) is 13.8 Å². The highest BCUT2D eigenvalue weighted by Gasteiger charge is 2.52. The third kappa shape index (κ3) is 5.27. The molecule has 3 rings (SSSR count). The van der Waals surface area contributed by atoms with Crippen molar-refractivity contribution in [2.75, 3.05) is 31.4 Å². The van der Waals surface area contributed by atoms with Crippen molar-refractivity contribution in [2.24, 2.45) is 5.92 Å². The van der Waals surface area contributed by atoms with Gasteiger partial charge in [-0.2, -0.15) is 13.2 Å². The quantitative estimate of drug-likeness (QED) is 0.482. The van der Waals surface area contributed by atoms with Crippen LogP contribution in [0.5, 0.6) is 0 Å². The molecular weight excluding hydrogens is 374 g/mol. The standard InChI is InChI=1S/C13H14F4N2O3.C3H7NO/c1-7(2)11-6-22-12(13(15,16)17)18(11)10-4-3-8(19(20)21)5-9(10)14;1-2-5-3-4-1/h3-5,7,11-12H,6H2,1-2H3;4H,1-3H2/t11-,12+;/m0./s1. The van der Waals surface area contributed by atoms with E-state index in [1.54, 1.807) is 13.8 Å². The zero-order chi connectivity index (χ0) is 20.2. The molecule has 2 aliphatic rings. The second-order valence-corrected chi connectivity index (χ2v) is 6.39. The van der Waals surface area contributed by atoms with E-state index >= 15 is 0 Å². The number of benzene rings is 1. The summed E-state index contributed by atoms with van der Waals surface area (Å²) in [6.07, 6.45) is -6.96. The lowest BCUT2D eigenvalue weighted by atomic mass is 10.0. The molecule has 1 aromatic carbocycles. The minimum atomic E-state index is -4.70. The van der Waals surface area contributed by atoms with E-state index in [1.165, 1.54) is 0 Å². The molecule has 0 amide bonds. The molecule has 0 saturated carbocycles. The van der Waals surface area contributed by atoms with E-state index in [0.29, 0.717) is 6.07 Å². The molecule has 0 unspecified atom stereocenters. The van der Waals surface area contributed by atoms with Crippen LogP contribution in [0.3, 0.4) is 0 Å². The monoisotopic (exact) mass is 395 g/mol. The third-order valence-corrected chi connectivity index (χ3v) is 4.13. The van der Waals surface area contributed by atoms with Crippen LogP contribution in [-0.4, -0.2) is 49.9 Å². The molecule has 0 radical (unpaired) electrons. The highest BCUT2D eigenvalue weighted by molar-refractivity contribution is 5.54. The molecule has 2 heterocycles. The van der Waals surface area contributed by atoms with E-state index in [1.807, 2.05) is 0 Å². The number of nitro groups is 1. The molecule has 2 aliphatic heterocycles. The first-order valence-electron chi connectivity index (χ1n) is 8.32. The van der Waals surface area contributed by atoms with Gasteiger partial charge in [0.05, 0.1) is 42.7 Å². The maximum Gasteiger partial charge on any atom is 0.433 e. The Labute approximate surface area is 153 Å². The van der Waals surface area contributed by atoms with Crippen LogP contribution in [0, 0.1) is 21.8 Å². The van der Waals surface area contributed by atoms with Crippen molar-refractivity contribution in [3.8, 4) is 0 Å². The van der Waals surface area contributed by atoms with E-state index in [9.17, 15) is 27.7 Å². The maximum absolute atomic E-state index is 14.1. The average Bonchev–Trinajstić information content (AvgIpc) is 3.26. The minimum Gasteiger partial charge on any atom is -0.365 e. The number of hydrogen-bond acceptors (Lipinski definition) is 6. The number of ether oxygens (including phenoxy) is 2. The second-order valence-electron chi connectivity index (χ2n) is 6.39. The number of halogens is 4. The van der Waals surface area contributed by atoms with Crippen LogP contribution in [0.2, 0.25) is 0 Å². The number of alkyl halides is 3. The lowest BCUT2D eigenvalue weighted by molar-refractivity contribution is -0.385. The molecule has 1 aromatic rings. The molecule has 0 aromatic heterocycles. The molecule has 2 fully saturated rings. The first-order chi connectivity index (χ1) is 12.6. The predicted octanol–water partition coefficient (Wildman–Crippen LogP) is 3.05. The summed E-state index contributed by atoms with van der Waals surface area (Å²) >= 11 is 0. The summed E-state index contributed by atoms with van der Waals surface area (Å²) in [5.74, 6) is -1.30. The van der Waals surface area contributed by atoms with Crippen LogP contribution in [0.1, 0.15) is 13.8 Å². The smallest absolute Gasteiger partial charge is 0.365 e. The van der Waals surface area contributed by atoms with E-state index in [0.717, 1.165) is 36.9 Å². The molecule has 0 spiro atoms. The summed E-state index contributed by atoms with van der Waals surface area (Å²) in [6, 6.07) is 1.89. The predicted molar refractivity (Wildman–Crippen MR) is 88.8 cm³/mol. The van der Waals surface area contributed by atoms with Gasteiger partial charge in [-0.05, 0) is 12.0 Å². The van der Waals surface area contributed by atoms with Gasteiger partial charge in [0.2, 0.25) is 6.23 Å². The fraction of sp³-hybridized carbons (Fsp3) is 0.625. The van der Waals surface area contributed by atoms with Crippen molar-refractivity contribution >= 4 is 11.4 Å². The summed E-state index contributed by atoms with van der Waals surface area (Å²) in [5.41, 5.74) is -0.879. The molecule has 0 aliphatic carbocycles. The van der Waals surface area contributed by atoms with Crippen molar-refractivity contribution in [1.29, 1.82) is 0 Å². The summed E-state index contributed by atoms with van der Waals surface area (Å²) in [7, 11) is 0. The number of hydrogen-bond donors (Lipinski definition) is 1. The first-order valence-corrected chi connectivity index (χ1v) is 8.32. The Balaban J connectivity index is 0.000000451. The highest BCUT2D eigenvalue weighted by Crippen LogP contribution is 2.39. The van der Waals surface area contributed by atoms with Gasteiger partial charge in [0.25, 0.3) is 5.69 Å². The van der Waals surface area contributed by atoms with Crippen LogP contribution in [0.15, 0.2) is 18.2 Å². The average molecular weight is 395 g/mol. The molecule has 2 saturated heterocycles. The van der Waals surface area contributed by atoms with E-state index in [4.69, 9.17) is 9.47 Å². The number of nitrogens with zero attached hydrogens (tertiary/aromatic N) is 2. The van der Waals surface area contributed by atoms with Crippen molar-refractivity contribution in [3.05, 3.63) is 34.1 Å². The van der Waals surface area contributed by atoms with Crippen LogP contribution in [0.4, 0.5) is 28.9 Å². The summed E-state index contributed by atoms with van der Waals surface area (Å²) in [6.45, 7) is 5.87. The SMILES string of the molecule is C1COCN1.CC(C)[C@@H]1CO[C@H](C(F)(F)F)N1c1ccc([N+](=O)[O-])cc1F. The summed E-state index contributed by atoms with van der Waals surface area (Å²) < 4.78 is 62.9. The first kappa shape index (κ1) is 21.3. The number of non-ortho nitro benzene ring substituents is 1. The Bertz CT molecular complexity index is 645. The molecule has 0 bridgehead atoms. The van der Waals surface area contributed by atoms with Crippen LogP contribution in [0.25, 0.3) is 0 Å². The second kappa shape index (κ2) is 8.81. The fourth-order valence-corrected chi connectivity index (χ4v) is 2.77. The van der Waals surface area contributed by atoms with Gasteiger partial charge in [0, 0.05) is 12.6 Å². The number of nitro benzene ring substituents is 1. The van der Waals surface area contributed by atoms with Gasteiger partial charge in [-0.3, -0.25) is 15.4 Å². The van der Waals surface area contributed by atoms with Gasteiger partial charge < -0.3 is 14.4 Å². The zero-order valence-corrected chi connectivity index (χ0v) is 14.8. The molecule has 2 atom stereocenters. The number of rotatable bonds is 3. The van der Waals surface area contributed by atoms with Gasteiger partial charge >= 0.3 is 6.18 Å². The van der Waals surface area contributed by atoms with Gasteiger partial charge in [-0.15, -0.1) is 0 Å². The lowest BCUT2D eigenvalue weighted by Crippen LogP contribution is -2.47. The zero-order valence-electron chi connectivity index (χ0n) is 14.8. The summed E-state index contributed by atoms with van der Waals surface area (Å²) in [5, 5.41) is 13.6. The third-order valence-electron chi connectivity index (χ3n) is 4.13. The van der Waals surface area contributed by atoms with Crippen LogP contribution >= 0.6 is 0 Å². The van der Waals surface area contributed by atoms with Gasteiger partial charge in [0.15, 0.2) is 5.82 Å². The van der Waals surface area contributed by atoms with Crippen molar-refractivity contribution < 1.29 is 32.0 Å². The molecule has 7 nitrogen and oxygen atoms in total. The lowest BCUT2D eigenvalue weighted by Gasteiger charge is -2.33. The molecular formula is C16H21F4N3O4. The normalized spacial score (nSPS) is 22.7. The fourth-order valence-electron chi connectivity index (χ4n) is 2.77. The van der Waals surface area contributed by atoms with Gasteiger partial charge in [0.1, 0.15) is 0 Å². The van der Waals surface area contributed by atoms with Crippen molar-refractivity contribution in [1.82, 2.24) is 5.32 Å². The van der Waals surface area contributed by atoms with E-state index < -0.39 is 34.9 Å².